The lowest BCUT2D eigenvalue weighted by molar-refractivity contribution is -0.130. The number of aromatic nitrogens is 3. The summed E-state index contributed by atoms with van der Waals surface area (Å²) in [5, 5.41) is 2.49. The third-order valence-electron chi connectivity index (χ3n) is 6.63. The van der Waals surface area contributed by atoms with Gasteiger partial charge >= 0.3 is 12.2 Å². The fourth-order valence-corrected chi connectivity index (χ4v) is 5.60. The molecule has 2 atom stereocenters. The predicted molar refractivity (Wildman–Crippen MR) is 146 cm³/mol. The number of oxazole rings is 1. The minimum atomic E-state index is -3.62. The Morgan fingerprint density at radius 1 is 1.18 bits per heavy atom. The van der Waals surface area contributed by atoms with Crippen molar-refractivity contribution in [2.75, 3.05) is 18.0 Å². The highest BCUT2D eigenvalue weighted by atomic mass is 32.1. The third-order valence-corrected chi connectivity index (χ3v) is 7.43. The quantitative estimate of drug-likeness (QED) is 0.271. The van der Waals surface area contributed by atoms with Crippen LogP contribution in [0.5, 0.6) is 5.75 Å². The number of rotatable bonds is 6. The fourth-order valence-electron chi connectivity index (χ4n) is 4.94. The van der Waals surface area contributed by atoms with E-state index in [2.05, 4.69) is 15.0 Å². The maximum absolute atomic E-state index is 14.9. The summed E-state index contributed by atoms with van der Waals surface area (Å²) in [5.74, 6) is -0.122. The van der Waals surface area contributed by atoms with E-state index in [0.29, 0.717) is 40.9 Å². The second kappa shape index (κ2) is 9.84. The Bertz CT molecular complexity index is 1540. The molecule has 3 fully saturated rings. The predicted octanol–water partition coefficient (Wildman–Crippen LogP) is 6.23. The van der Waals surface area contributed by atoms with Crippen molar-refractivity contribution in [2.24, 2.45) is 0 Å². The third kappa shape index (κ3) is 5.23. The number of alkyl halides is 2. The van der Waals surface area contributed by atoms with Gasteiger partial charge in [-0.15, -0.1) is 11.3 Å². The lowest BCUT2D eigenvalue weighted by Crippen LogP contribution is -2.70. The van der Waals surface area contributed by atoms with Crippen molar-refractivity contribution in [1.29, 1.82) is 0 Å². The number of thiazole rings is 1. The summed E-state index contributed by atoms with van der Waals surface area (Å²) in [4.78, 5) is 29.3. The van der Waals surface area contributed by atoms with Gasteiger partial charge in [-0.2, -0.15) is 13.8 Å². The average molecular weight is 568 g/mol. The maximum atomic E-state index is 14.9. The van der Waals surface area contributed by atoms with Crippen LogP contribution in [-0.2, 0) is 4.74 Å². The molecule has 0 aliphatic carbocycles. The molecule has 1 aromatic carbocycles. The van der Waals surface area contributed by atoms with E-state index in [1.807, 2.05) is 31.1 Å². The highest BCUT2D eigenvalue weighted by Gasteiger charge is 2.49. The summed E-state index contributed by atoms with van der Waals surface area (Å²) >= 11 is 1.40. The van der Waals surface area contributed by atoms with Crippen molar-refractivity contribution >= 4 is 40.6 Å². The van der Waals surface area contributed by atoms with Crippen molar-refractivity contribution in [3.05, 3.63) is 59.9 Å². The topological polar surface area (TPSA) is 93.8 Å². The van der Waals surface area contributed by atoms with Gasteiger partial charge in [-0.25, -0.2) is 9.78 Å². The smallest absolute Gasteiger partial charge is 0.420 e. The van der Waals surface area contributed by atoms with E-state index in [-0.39, 0.29) is 35.5 Å². The van der Waals surface area contributed by atoms with Crippen LogP contribution in [0.15, 0.2) is 58.7 Å². The number of ether oxygens (including phenoxy) is 2. The Kier molecular flexibility index (Phi) is 6.44. The summed E-state index contributed by atoms with van der Waals surface area (Å²) in [6.07, 6.45) is 3.52. The van der Waals surface area contributed by atoms with Gasteiger partial charge in [-0.3, -0.25) is 9.88 Å². The molecule has 0 spiro atoms. The minimum Gasteiger partial charge on any atom is -0.444 e. The van der Waals surface area contributed by atoms with E-state index in [9.17, 15) is 13.6 Å². The first-order chi connectivity index (χ1) is 19.1. The van der Waals surface area contributed by atoms with Crippen molar-refractivity contribution in [2.45, 2.75) is 51.0 Å². The molecule has 0 radical (unpaired) electrons. The normalized spacial score (nSPS) is 19.2. The van der Waals surface area contributed by atoms with E-state index in [4.69, 9.17) is 13.9 Å². The number of piperazine rings is 1. The zero-order valence-electron chi connectivity index (χ0n) is 22.1. The Labute approximate surface area is 233 Å². The number of carbonyl (C=O) groups excluding carboxylic acids is 1. The second-order valence-electron chi connectivity index (χ2n) is 10.7. The van der Waals surface area contributed by atoms with Crippen LogP contribution in [0.2, 0.25) is 0 Å². The maximum Gasteiger partial charge on any atom is 0.420 e. The first kappa shape index (κ1) is 26.2. The zero-order chi connectivity index (χ0) is 28.1. The molecule has 1 amide bonds. The van der Waals surface area contributed by atoms with Crippen LogP contribution in [0.25, 0.3) is 27.7 Å². The van der Waals surface area contributed by atoms with Gasteiger partial charge in [-0.1, -0.05) is 6.07 Å². The average Bonchev–Trinajstić information content (AvgIpc) is 3.58. The Morgan fingerprint density at radius 2 is 1.98 bits per heavy atom. The molecule has 2 bridgehead atoms. The summed E-state index contributed by atoms with van der Waals surface area (Å²) in [6, 6.07) is 6.58. The molecule has 0 N–H and O–H groups in total. The molecule has 3 aromatic heterocycles. The van der Waals surface area contributed by atoms with Gasteiger partial charge < -0.3 is 18.8 Å². The molecular formula is C28H27F2N5O4S. The fraction of sp³-hybridized carbons (Fsp3) is 0.357. The van der Waals surface area contributed by atoms with Crippen LogP contribution in [0.4, 0.5) is 19.6 Å². The molecule has 9 nitrogen and oxygen atoms in total. The van der Waals surface area contributed by atoms with Crippen LogP contribution in [-0.4, -0.2) is 62.8 Å². The van der Waals surface area contributed by atoms with E-state index < -0.39 is 11.7 Å². The van der Waals surface area contributed by atoms with Gasteiger partial charge in [0.1, 0.15) is 10.6 Å². The van der Waals surface area contributed by atoms with Gasteiger partial charge in [0.15, 0.2) is 16.8 Å². The number of anilines is 1. The summed E-state index contributed by atoms with van der Waals surface area (Å²) in [7, 11) is 0. The molecule has 6 heterocycles. The van der Waals surface area contributed by atoms with E-state index in [1.54, 1.807) is 35.5 Å². The number of piperidine rings is 1. The van der Waals surface area contributed by atoms with Crippen molar-refractivity contribution in [3.8, 4) is 16.3 Å². The first-order valence-electron chi connectivity index (χ1n) is 12.8. The SMILES string of the molecule is CC(C)(C)OC(=O)N1C2CC1CN(c1nc3c(OC(F)(F)/C=C/c4cccnc4)ccc(-c4nccs4)c3o1)C2. The molecule has 2 unspecified atom stereocenters. The van der Waals surface area contributed by atoms with Gasteiger partial charge in [0, 0.05) is 43.1 Å². The van der Waals surface area contributed by atoms with Gasteiger partial charge in [0.25, 0.3) is 6.01 Å². The number of amides is 1. The number of halogens is 2. The molecule has 0 saturated carbocycles. The number of hydrogen-bond acceptors (Lipinski definition) is 9. The largest absolute Gasteiger partial charge is 0.444 e. The number of nitrogens with zero attached hydrogens (tertiary/aromatic N) is 5. The van der Waals surface area contributed by atoms with Crippen LogP contribution in [0.3, 0.4) is 0 Å². The highest BCUT2D eigenvalue weighted by Crippen LogP contribution is 2.41. The lowest BCUT2D eigenvalue weighted by Gasteiger charge is -2.55. The number of pyridine rings is 1. The molecule has 3 aliphatic rings. The van der Waals surface area contributed by atoms with Crippen molar-refractivity contribution < 1.29 is 27.5 Å². The van der Waals surface area contributed by atoms with Crippen molar-refractivity contribution in [3.63, 3.8) is 0 Å². The van der Waals surface area contributed by atoms with E-state index >= 15 is 0 Å². The zero-order valence-corrected chi connectivity index (χ0v) is 22.9. The lowest BCUT2D eigenvalue weighted by atomic mass is 9.88. The summed E-state index contributed by atoms with van der Waals surface area (Å²) < 4.78 is 46.7. The number of benzene rings is 1. The number of carbonyl (C=O) groups is 1. The molecule has 3 saturated heterocycles. The van der Waals surface area contributed by atoms with Crippen LogP contribution in [0, 0.1) is 0 Å². The van der Waals surface area contributed by atoms with Crippen LogP contribution < -0.4 is 9.64 Å². The Balaban J connectivity index is 1.28. The van der Waals surface area contributed by atoms with Crippen molar-refractivity contribution in [1.82, 2.24) is 19.9 Å². The number of fused-ring (bicyclic) bond motifs is 3. The molecule has 12 heteroatoms. The van der Waals surface area contributed by atoms with Crippen LogP contribution in [0.1, 0.15) is 32.8 Å². The Morgan fingerprint density at radius 3 is 2.65 bits per heavy atom. The second-order valence-corrected chi connectivity index (χ2v) is 11.6. The van der Waals surface area contributed by atoms with Gasteiger partial charge in [0.05, 0.1) is 17.6 Å². The number of hydrogen-bond donors (Lipinski definition) is 0. The van der Waals surface area contributed by atoms with Gasteiger partial charge in [0.2, 0.25) is 0 Å². The molecular weight excluding hydrogens is 540 g/mol. The molecule has 3 aliphatic heterocycles. The highest BCUT2D eigenvalue weighted by molar-refractivity contribution is 7.13. The van der Waals surface area contributed by atoms with E-state index in [0.717, 1.165) is 6.42 Å². The summed E-state index contributed by atoms with van der Waals surface area (Å²) in [6.45, 7) is 6.47. The first-order valence-corrected chi connectivity index (χ1v) is 13.7. The van der Waals surface area contributed by atoms with Crippen LogP contribution >= 0.6 is 11.3 Å². The Hall–Kier alpha value is -4.06. The molecule has 40 heavy (non-hydrogen) atoms. The summed E-state index contributed by atoms with van der Waals surface area (Å²) in [5.41, 5.74) is 1.03. The molecule has 208 valence electrons. The standard InChI is InChI=1S/C28H27F2N5O4S/c1-27(2,3)39-26(36)35-18-13-19(35)16-34(15-18)25-33-22-21(7-6-20(23(22)37-25)24-32-11-12-40-24)38-28(29,30)9-8-17-5-4-10-31-14-17/h4-12,14,18-19H,13,15-16H2,1-3H3/b9-8+. The minimum absolute atomic E-state index is 0.0558. The monoisotopic (exact) mass is 567 g/mol. The molecule has 7 rings (SSSR count). The molecule has 4 aromatic rings. The van der Waals surface area contributed by atoms with E-state index in [1.165, 1.54) is 29.7 Å². The van der Waals surface area contributed by atoms with Gasteiger partial charge in [-0.05, 0) is 57.0 Å².